The van der Waals surface area contributed by atoms with Gasteiger partial charge < -0.3 is 30.2 Å². The number of carbonyl (C=O) groups excluding carboxylic acids is 12. The van der Waals surface area contributed by atoms with Crippen LogP contribution in [-0.4, -0.2) is 200 Å². The topological polar surface area (TPSA) is 360 Å². The molecule has 0 aromatic carbocycles. The lowest BCUT2D eigenvalue weighted by molar-refractivity contribution is -0.142. The first-order valence-corrected chi connectivity index (χ1v) is 22.1. The van der Waals surface area contributed by atoms with E-state index in [9.17, 15) is 57.5 Å². The van der Waals surface area contributed by atoms with Crippen molar-refractivity contribution in [1.29, 1.82) is 0 Å². The number of nitrogens with one attached hydrogen (secondary N) is 9. The molecule has 1 aliphatic rings. The van der Waals surface area contributed by atoms with Crippen molar-refractivity contribution < 1.29 is 71.7 Å². The molecule has 1 fully saturated rings. The van der Waals surface area contributed by atoms with Gasteiger partial charge in [-0.2, -0.15) is 0 Å². The van der Waals surface area contributed by atoms with Gasteiger partial charge in [0, 0.05) is 19.6 Å². The fraction of sp³-hybridized carbons (Fsp3) is 0.692. The Kier molecular flexibility index (Phi) is 27.6. The summed E-state index contributed by atoms with van der Waals surface area (Å²) >= 11 is 0. The maximum absolute atomic E-state index is 13.6. The number of rotatable bonds is 15. The van der Waals surface area contributed by atoms with Crippen LogP contribution >= 0.6 is 0 Å². The molecule has 0 spiro atoms. The highest BCUT2D eigenvalue weighted by Crippen LogP contribution is 2.02. The highest BCUT2D eigenvalue weighted by Gasteiger charge is 2.29. The SMILES string of the molecule is CCOC(=O)CNC(=O)N1CC(=O)NN(CC(C)C)CC(=O)NN(C(=O)NCC(=O)OCC)CC(=O)NN(CC(C)C)CC(=O)NN(C(=O)NCC(=O)OCC)CC(=O)NN(CC(C)C)CC(=O)N1. The van der Waals surface area contributed by atoms with Gasteiger partial charge in [-0.05, 0) is 38.5 Å². The Bertz CT molecular complexity index is 1540. The van der Waals surface area contributed by atoms with Crippen molar-refractivity contribution in [2.24, 2.45) is 17.8 Å². The van der Waals surface area contributed by atoms with Crippen molar-refractivity contribution in [3.05, 3.63) is 0 Å². The smallest absolute Gasteiger partial charge is 0.337 e. The van der Waals surface area contributed by atoms with Crippen LogP contribution in [-0.2, 0) is 57.4 Å². The fourth-order valence-electron chi connectivity index (χ4n) is 5.77. The van der Waals surface area contributed by atoms with Gasteiger partial charge in [0.25, 0.3) is 35.4 Å². The zero-order valence-electron chi connectivity index (χ0n) is 40.6. The third kappa shape index (κ3) is 26.7. The Morgan fingerprint density at radius 1 is 0.406 bits per heavy atom. The van der Waals surface area contributed by atoms with E-state index >= 15 is 0 Å². The van der Waals surface area contributed by atoms with Crippen molar-refractivity contribution in [3.63, 3.8) is 0 Å². The van der Waals surface area contributed by atoms with E-state index in [0.717, 1.165) is 15.0 Å². The van der Waals surface area contributed by atoms with Gasteiger partial charge in [0.2, 0.25) is 0 Å². The lowest BCUT2D eigenvalue weighted by atomic mass is 10.2. The molecule has 69 heavy (non-hydrogen) atoms. The summed E-state index contributed by atoms with van der Waals surface area (Å²) in [5, 5.41) is 11.6. The van der Waals surface area contributed by atoms with Crippen molar-refractivity contribution in [3.8, 4) is 0 Å². The van der Waals surface area contributed by atoms with Crippen LogP contribution in [0, 0.1) is 17.8 Å². The number of carbonyl (C=O) groups is 12. The summed E-state index contributed by atoms with van der Waals surface area (Å²) in [5.74, 6) is -9.07. The molecule has 30 heteroatoms. The minimum absolute atomic E-state index is 0.00329. The summed E-state index contributed by atoms with van der Waals surface area (Å²) < 4.78 is 14.5. The zero-order valence-corrected chi connectivity index (χ0v) is 40.6. The number of hydrogen-bond acceptors (Lipinski definition) is 18. The molecule has 1 saturated heterocycles. The molecule has 30 nitrogen and oxygen atoms in total. The monoisotopic (exact) mass is 988 g/mol. The lowest BCUT2D eigenvalue weighted by Gasteiger charge is -2.31. The molecule has 1 rings (SSSR count). The minimum atomic E-state index is -1.16. The van der Waals surface area contributed by atoms with Crippen LogP contribution in [0.1, 0.15) is 62.3 Å². The normalized spacial score (nSPS) is 16.3. The van der Waals surface area contributed by atoms with E-state index in [1.54, 1.807) is 41.5 Å². The van der Waals surface area contributed by atoms with Gasteiger partial charge in [0.1, 0.15) is 39.3 Å². The van der Waals surface area contributed by atoms with E-state index < -0.39 is 130 Å². The maximum Gasteiger partial charge on any atom is 0.337 e. The summed E-state index contributed by atoms with van der Waals surface area (Å²) in [6.07, 6.45) is 0. The van der Waals surface area contributed by atoms with Crippen LogP contribution in [0.5, 0.6) is 0 Å². The average molecular weight is 988 g/mol. The average Bonchev–Trinajstić information content (AvgIpc) is 3.22. The first-order chi connectivity index (χ1) is 32.4. The first-order valence-electron chi connectivity index (χ1n) is 22.1. The van der Waals surface area contributed by atoms with Crippen LogP contribution < -0.4 is 48.5 Å². The molecule has 0 unspecified atom stereocenters. The number of amides is 12. The molecule has 0 bridgehead atoms. The predicted octanol–water partition coefficient (Wildman–Crippen LogP) is -4.21. The molecular weight excluding hydrogens is 919 g/mol. The first kappa shape index (κ1) is 59.9. The van der Waals surface area contributed by atoms with Crippen LogP contribution in [0.25, 0.3) is 0 Å². The zero-order chi connectivity index (χ0) is 52.2. The molecule has 0 saturated carbocycles. The van der Waals surface area contributed by atoms with Gasteiger partial charge in [0.15, 0.2) is 0 Å². The number of urea groups is 3. The van der Waals surface area contributed by atoms with Gasteiger partial charge in [-0.25, -0.2) is 44.4 Å². The second kappa shape index (κ2) is 31.8. The molecule has 1 aliphatic heterocycles. The summed E-state index contributed by atoms with van der Waals surface area (Å²) in [6.45, 7) is 8.15. The van der Waals surface area contributed by atoms with E-state index in [0.29, 0.717) is 15.0 Å². The van der Waals surface area contributed by atoms with E-state index in [1.807, 2.05) is 0 Å². The molecule has 0 atom stereocenters. The Morgan fingerprint density at radius 2 is 0.623 bits per heavy atom. The van der Waals surface area contributed by atoms with Crippen LogP contribution in [0.2, 0.25) is 0 Å². The molecule has 9 N–H and O–H groups in total. The van der Waals surface area contributed by atoms with Gasteiger partial charge in [-0.15, -0.1) is 0 Å². The molecule has 390 valence electrons. The molecular formula is C39H69N15O15. The Balaban J connectivity index is 3.83. The number of esters is 3. The van der Waals surface area contributed by atoms with Gasteiger partial charge >= 0.3 is 36.0 Å². The number of hydrogen-bond donors (Lipinski definition) is 9. The Morgan fingerprint density at radius 3 is 0.826 bits per heavy atom. The third-order valence-electron chi connectivity index (χ3n) is 8.10. The second-order valence-electron chi connectivity index (χ2n) is 16.2. The predicted molar refractivity (Wildman–Crippen MR) is 238 cm³/mol. The molecule has 12 amide bonds. The van der Waals surface area contributed by atoms with Crippen molar-refractivity contribution in [1.82, 2.24) is 78.6 Å². The third-order valence-corrected chi connectivity index (χ3v) is 8.10. The summed E-state index contributed by atoms with van der Waals surface area (Å²) in [4.78, 5) is 158. The standard InChI is InChI=1S/C39H69N15O15/c1-10-67-34(61)13-40-37(64)52-22-31(58)43-50(17-26(6)7)20-29(56)47-54(39(66)42-15-36(63)69-12-3)24-33(60)45-51(18-27(8)9)21-30(57)48-53(38(65)41-14-35(62)68-11-2)23-32(59)44-49(16-25(4)5)19-28(55)46-52/h25-27H,10-24H2,1-9H3,(H,40,64)(H,41,65)(H,42,66)(H,43,58)(H,44,59)(H,45,60)(H,46,55)(H,47,56)(H,48,57). The van der Waals surface area contributed by atoms with Gasteiger partial charge in [0.05, 0.1) is 39.5 Å². The summed E-state index contributed by atoms with van der Waals surface area (Å²) in [6, 6.07) is -3.47. The van der Waals surface area contributed by atoms with E-state index in [1.165, 1.54) is 20.8 Å². The molecule has 0 aromatic heterocycles. The largest absolute Gasteiger partial charge is 0.465 e. The van der Waals surface area contributed by atoms with E-state index in [2.05, 4.69) is 48.5 Å². The van der Waals surface area contributed by atoms with Gasteiger partial charge in [-0.3, -0.25) is 75.7 Å². The van der Waals surface area contributed by atoms with Crippen molar-refractivity contribution in [2.45, 2.75) is 62.3 Å². The highest BCUT2D eigenvalue weighted by molar-refractivity contribution is 5.91. The lowest BCUT2D eigenvalue weighted by Crippen LogP contribution is -2.61. The van der Waals surface area contributed by atoms with Crippen molar-refractivity contribution >= 4 is 71.4 Å². The fourth-order valence-corrected chi connectivity index (χ4v) is 5.77. The van der Waals surface area contributed by atoms with Gasteiger partial charge in [-0.1, -0.05) is 41.5 Å². The van der Waals surface area contributed by atoms with E-state index in [4.69, 9.17) is 14.2 Å². The molecule has 0 aromatic rings. The number of nitrogens with zero attached hydrogens (tertiary/aromatic N) is 6. The van der Waals surface area contributed by atoms with E-state index in [-0.39, 0.29) is 57.2 Å². The highest BCUT2D eigenvalue weighted by atomic mass is 16.5. The number of hydrazine groups is 6. The second-order valence-corrected chi connectivity index (χ2v) is 16.2. The molecule has 0 radical (unpaired) electrons. The summed E-state index contributed by atoms with van der Waals surface area (Å²) in [7, 11) is 0. The summed E-state index contributed by atoms with van der Waals surface area (Å²) in [5.41, 5.74) is 14.1. The molecule has 0 aliphatic carbocycles. The Hall–Kier alpha value is -7.08. The minimum Gasteiger partial charge on any atom is -0.465 e. The maximum atomic E-state index is 13.6. The van der Waals surface area contributed by atoms with Crippen LogP contribution in [0.15, 0.2) is 0 Å². The molecule has 1 heterocycles. The van der Waals surface area contributed by atoms with Crippen molar-refractivity contribution in [2.75, 3.05) is 98.4 Å². The number of ether oxygens (including phenoxy) is 3. The van der Waals surface area contributed by atoms with Crippen LogP contribution in [0.4, 0.5) is 14.4 Å². The quantitative estimate of drug-likeness (QED) is 0.0555. The Labute approximate surface area is 399 Å². The van der Waals surface area contributed by atoms with Crippen LogP contribution in [0.3, 0.4) is 0 Å².